The van der Waals surface area contributed by atoms with Gasteiger partial charge in [0, 0.05) is 0 Å². The highest BCUT2D eigenvalue weighted by molar-refractivity contribution is 6.31. The van der Waals surface area contributed by atoms with E-state index in [0.29, 0.717) is 12.1 Å². The molecule has 0 aliphatic rings. The van der Waals surface area contributed by atoms with Crippen LogP contribution in [0.25, 0.3) is 0 Å². The molecule has 0 atom stereocenters. The fraction of sp³-hybridized carbons (Fsp3) is 0.200. The maximum atomic E-state index is 12.7. The summed E-state index contributed by atoms with van der Waals surface area (Å²) in [7, 11) is 0. The maximum absolute atomic E-state index is 12.7. The molecule has 0 unspecified atom stereocenters. The molecule has 0 N–H and O–H groups in total. The summed E-state index contributed by atoms with van der Waals surface area (Å²) in [6, 6.07) is 2.53. The van der Waals surface area contributed by atoms with Crippen LogP contribution in [-0.4, -0.2) is 16.6 Å². The number of carbonyl (C=O) groups is 1. The minimum absolute atomic E-state index is 0.391. The molecule has 0 amide bonds. The topological polar surface area (TPSA) is 84.0 Å². The molecule has 0 spiro atoms. The first-order chi connectivity index (χ1) is 8.73. The molecule has 0 aromatic heterocycles. The van der Waals surface area contributed by atoms with Gasteiger partial charge in [-0.3, -0.25) is 14.9 Å². The number of alkyl halides is 4. The minimum atomic E-state index is -5.02. The van der Waals surface area contributed by atoms with Crippen molar-refractivity contribution in [1.29, 1.82) is 5.26 Å². The van der Waals surface area contributed by atoms with E-state index >= 15 is 0 Å². The van der Waals surface area contributed by atoms with Gasteiger partial charge in [-0.15, -0.1) is 11.6 Å². The lowest BCUT2D eigenvalue weighted by molar-refractivity contribution is -0.388. The summed E-state index contributed by atoms with van der Waals surface area (Å²) in [6.45, 7) is 0. The molecule has 19 heavy (non-hydrogen) atoms. The molecule has 1 rings (SSSR count). The Morgan fingerprint density at radius 3 is 2.42 bits per heavy atom. The highest BCUT2D eigenvalue weighted by atomic mass is 35.5. The third-order valence-corrected chi connectivity index (χ3v) is 2.43. The number of ketones is 1. The van der Waals surface area contributed by atoms with E-state index in [1.165, 1.54) is 6.07 Å². The molecule has 5 nitrogen and oxygen atoms in total. The molecule has 0 saturated carbocycles. The average Bonchev–Trinajstić information content (AvgIpc) is 2.34. The SMILES string of the molecule is N#Cc1ccc(C(F)(F)F)c([N+](=O)[O-])c1C(=O)CCl. The van der Waals surface area contributed by atoms with Crippen LogP contribution >= 0.6 is 11.6 Å². The molecule has 0 aliphatic heterocycles. The van der Waals surface area contributed by atoms with Gasteiger partial charge in [0.25, 0.3) is 5.69 Å². The van der Waals surface area contributed by atoms with E-state index < -0.39 is 45.1 Å². The quantitative estimate of drug-likeness (QED) is 0.371. The van der Waals surface area contributed by atoms with Crippen molar-refractivity contribution >= 4 is 23.1 Å². The van der Waals surface area contributed by atoms with Crippen LogP contribution < -0.4 is 0 Å². The molecule has 1 aromatic rings. The molecule has 100 valence electrons. The Balaban J connectivity index is 3.80. The average molecular weight is 293 g/mol. The lowest BCUT2D eigenvalue weighted by Crippen LogP contribution is -2.15. The van der Waals surface area contributed by atoms with E-state index in [2.05, 4.69) is 0 Å². The predicted octanol–water partition coefficient (Wildman–Crippen LogP) is 2.91. The van der Waals surface area contributed by atoms with Crippen molar-refractivity contribution in [1.82, 2.24) is 0 Å². The minimum Gasteiger partial charge on any atom is -0.293 e. The van der Waals surface area contributed by atoms with Gasteiger partial charge in [-0.2, -0.15) is 18.4 Å². The second kappa shape index (κ2) is 5.24. The lowest BCUT2D eigenvalue weighted by Gasteiger charge is -2.10. The van der Waals surface area contributed by atoms with Crippen LogP contribution in [-0.2, 0) is 6.18 Å². The van der Waals surface area contributed by atoms with Crippen molar-refractivity contribution in [3.05, 3.63) is 38.9 Å². The lowest BCUT2D eigenvalue weighted by atomic mass is 9.98. The fourth-order valence-corrected chi connectivity index (χ4v) is 1.59. The van der Waals surface area contributed by atoms with Crippen LogP contribution in [0.15, 0.2) is 12.1 Å². The number of nitrogens with zero attached hydrogens (tertiary/aromatic N) is 2. The van der Waals surface area contributed by atoms with Gasteiger partial charge in [0.05, 0.1) is 16.4 Å². The maximum Gasteiger partial charge on any atom is 0.423 e. The fourth-order valence-electron chi connectivity index (χ4n) is 1.45. The van der Waals surface area contributed by atoms with Crippen LogP contribution in [0.4, 0.5) is 18.9 Å². The summed E-state index contributed by atoms with van der Waals surface area (Å²) >= 11 is 5.20. The number of carbonyl (C=O) groups excluding carboxylic acids is 1. The van der Waals surface area contributed by atoms with Crippen molar-refractivity contribution in [3.8, 4) is 6.07 Å². The molecule has 0 saturated heterocycles. The van der Waals surface area contributed by atoms with Crippen molar-refractivity contribution in [3.63, 3.8) is 0 Å². The van der Waals surface area contributed by atoms with Crippen LogP contribution in [0.3, 0.4) is 0 Å². The van der Waals surface area contributed by atoms with Crippen LogP contribution in [0.1, 0.15) is 21.5 Å². The van der Waals surface area contributed by atoms with Crippen LogP contribution in [0, 0.1) is 21.4 Å². The second-order valence-corrected chi connectivity index (χ2v) is 3.58. The zero-order chi connectivity index (χ0) is 14.8. The van der Waals surface area contributed by atoms with Crippen molar-refractivity contribution < 1.29 is 22.9 Å². The number of benzene rings is 1. The van der Waals surface area contributed by atoms with E-state index in [4.69, 9.17) is 16.9 Å². The van der Waals surface area contributed by atoms with Crippen molar-refractivity contribution in [2.45, 2.75) is 6.18 Å². The summed E-state index contributed by atoms with van der Waals surface area (Å²) in [4.78, 5) is 20.9. The van der Waals surface area contributed by atoms with Crippen LogP contribution in [0.5, 0.6) is 0 Å². The summed E-state index contributed by atoms with van der Waals surface area (Å²) in [6.07, 6.45) is -5.02. The summed E-state index contributed by atoms with van der Waals surface area (Å²) in [5.74, 6) is -1.88. The number of nitro groups is 1. The molecular formula is C10H4ClF3N2O3. The number of nitriles is 1. The van der Waals surface area contributed by atoms with Gasteiger partial charge in [0.2, 0.25) is 0 Å². The first-order valence-electron chi connectivity index (χ1n) is 4.61. The zero-order valence-electron chi connectivity index (χ0n) is 8.99. The molecule has 1 aromatic carbocycles. The number of halogens is 4. The van der Waals surface area contributed by atoms with Crippen molar-refractivity contribution in [2.24, 2.45) is 0 Å². The Kier molecular flexibility index (Phi) is 4.11. The Bertz CT molecular complexity index is 593. The molecule has 0 aliphatic carbocycles. The Labute approximate surface area is 109 Å². The third kappa shape index (κ3) is 2.82. The van der Waals surface area contributed by atoms with Crippen molar-refractivity contribution in [2.75, 3.05) is 5.88 Å². The number of hydrogen-bond donors (Lipinski definition) is 0. The number of Topliss-reactive ketones (excluding diaryl/α,β-unsaturated/α-hetero) is 1. The summed E-state index contributed by atoms with van der Waals surface area (Å²) < 4.78 is 38.0. The molecule has 0 bridgehead atoms. The van der Waals surface area contributed by atoms with Gasteiger partial charge in [0.1, 0.15) is 17.2 Å². The predicted molar refractivity (Wildman–Crippen MR) is 57.9 cm³/mol. The zero-order valence-corrected chi connectivity index (χ0v) is 9.75. The Hall–Kier alpha value is -2.14. The van der Waals surface area contributed by atoms with Gasteiger partial charge < -0.3 is 0 Å². The van der Waals surface area contributed by atoms with E-state index in [9.17, 15) is 28.1 Å². The van der Waals surface area contributed by atoms with Gasteiger partial charge in [-0.1, -0.05) is 0 Å². The van der Waals surface area contributed by atoms with Gasteiger partial charge in [0.15, 0.2) is 5.78 Å². The van der Waals surface area contributed by atoms with Gasteiger partial charge >= 0.3 is 6.18 Å². The smallest absolute Gasteiger partial charge is 0.293 e. The molecule has 0 radical (unpaired) electrons. The van der Waals surface area contributed by atoms with Gasteiger partial charge in [-0.25, -0.2) is 0 Å². The monoisotopic (exact) mass is 292 g/mol. The number of nitro benzene ring substituents is 1. The van der Waals surface area contributed by atoms with Crippen LogP contribution in [0.2, 0.25) is 0 Å². The first kappa shape index (κ1) is 14.9. The van der Waals surface area contributed by atoms with Gasteiger partial charge in [-0.05, 0) is 12.1 Å². The summed E-state index contributed by atoms with van der Waals surface area (Å²) in [5, 5.41) is 19.5. The molecule has 0 fully saturated rings. The molecular weight excluding hydrogens is 289 g/mol. The third-order valence-electron chi connectivity index (χ3n) is 2.19. The number of rotatable bonds is 3. The van der Waals surface area contributed by atoms with E-state index in [-0.39, 0.29) is 0 Å². The standard InChI is InChI=1S/C10H4ClF3N2O3/c11-3-7(17)8-5(4-15)1-2-6(10(12,13)14)9(8)16(18)19/h1-2H,3H2. The number of hydrogen-bond acceptors (Lipinski definition) is 4. The highest BCUT2D eigenvalue weighted by Crippen LogP contribution is 2.39. The van der Waals surface area contributed by atoms with E-state index in [1.807, 2.05) is 0 Å². The Morgan fingerprint density at radius 1 is 1.47 bits per heavy atom. The van der Waals surface area contributed by atoms with E-state index in [0.717, 1.165) is 0 Å². The largest absolute Gasteiger partial charge is 0.423 e. The molecule has 9 heteroatoms. The normalized spacial score (nSPS) is 10.9. The second-order valence-electron chi connectivity index (χ2n) is 3.31. The Morgan fingerprint density at radius 2 is 2.05 bits per heavy atom. The first-order valence-corrected chi connectivity index (χ1v) is 5.15. The summed E-state index contributed by atoms with van der Waals surface area (Å²) in [5.41, 5.74) is -4.48. The highest BCUT2D eigenvalue weighted by Gasteiger charge is 2.41. The van der Waals surface area contributed by atoms with E-state index in [1.54, 1.807) is 0 Å². The molecule has 0 heterocycles.